The summed E-state index contributed by atoms with van der Waals surface area (Å²) < 4.78 is 6.63. The van der Waals surface area contributed by atoms with Gasteiger partial charge in [0.1, 0.15) is 5.75 Å². The van der Waals surface area contributed by atoms with Crippen molar-refractivity contribution >= 4 is 40.5 Å². The third kappa shape index (κ3) is 5.36. The highest BCUT2D eigenvalue weighted by Crippen LogP contribution is 2.23. The molecular weight excluding hydrogens is 470 g/mol. The number of hydrogen-bond donors (Lipinski definition) is 1. The highest BCUT2D eigenvalue weighted by Gasteiger charge is 2.15. The minimum absolute atomic E-state index is 0.0881. The van der Waals surface area contributed by atoms with E-state index in [-0.39, 0.29) is 22.6 Å². The molecule has 3 aromatic carbocycles. The predicted molar refractivity (Wildman–Crippen MR) is 133 cm³/mol. The van der Waals surface area contributed by atoms with Gasteiger partial charge in [-0.1, -0.05) is 36.0 Å². The molecule has 4 rings (SSSR count). The monoisotopic (exact) mass is 489 g/mol. The molecule has 1 amide bonds. The number of nitrogens with zero attached hydrogens (tertiary/aromatic N) is 4. The number of thioether (sulfide) groups is 1. The summed E-state index contributed by atoms with van der Waals surface area (Å²) in [6.07, 6.45) is 1.21. The third-order valence-corrected chi connectivity index (χ3v) is 5.87. The van der Waals surface area contributed by atoms with Crippen molar-refractivity contribution in [1.82, 2.24) is 15.0 Å². The number of carbonyl (C=O) groups excluding carboxylic acids is 1. The fourth-order valence-electron chi connectivity index (χ4n) is 3.27. The summed E-state index contributed by atoms with van der Waals surface area (Å²) in [6.45, 7) is 0. The number of para-hydroxylation sites is 2. The first-order chi connectivity index (χ1) is 17.0. The number of ether oxygens (including phenoxy) is 1. The molecule has 0 saturated heterocycles. The van der Waals surface area contributed by atoms with E-state index in [0.29, 0.717) is 27.5 Å². The van der Waals surface area contributed by atoms with E-state index in [9.17, 15) is 19.7 Å². The molecule has 4 aromatic rings. The molecule has 0 unspecified atom stereocenters. The van der Waals surface area contributed by atoms with Crippen molar-refractivity contribution in [3.63, 3.8) is 0 Å². The Morgan fingerprint density at radius 2 is 1.86 bits per heavy atom. The zero-order valence-electron chi connectivity index (χ0n) is 18.5. The third-order valence-electron chi connectivity index (χ3n) is 4.93. The van der Waals surface area contributed by atoms with Gasteiger partial charge >= 0.3 is 0 Å². The van der Waals surface area contributed by atoms with Crippen molar-refractivity contribution in [2.75, 3.05) is 12.9 Å². The number of nitro groups is 1. The van der Waals surface area contributed by atoms with Crippen molar-refractivity contribution in [2.24, 2.45) is 5.10 Å². The Labute approximate surface area is 203 Å². The molecule has 0 aliphatic carbocycles. The topological polar surface area (TPSA) is 129 Å². The Morgan fingerprint density at radius 3 is 2.60 bits per heavy atom. The van der Waals surface area contributed by atoms with Crippen LogP contribution in [0.25, 0.3) is 16.6 Å². The molecule has 0 spiro atoms. The van der Waals surface area contributed by atoms with Crippen LogP contribution < -0.4 is 15.7 Å². The van der Waals surface area contributed by atoms with Crippen LogP contribution in [0.4, 0.5) is 5.69 Å². The van der Waals surface area contributed by atoms with Crippen molar-refractivity contribution in [1.29, 1.82) is 0 Å². The van der Waals surface area contributed by atoms with E-state index in [1.54, 1.807) is 67.8 Å². The van der Waals surface area contributed by atoms with Gasteiger partial charge in [0.05, 0.1) is 46.2 Å². The molecule has 0 aliphatic rings. The number of amides is 1. The van der Waals surface area contributed by atoms with Crippen molar-refractivity contribution in [3.8, 4) is 11.4 Å². The fourth-order valence-corrected chi connectivity index (χ4v) is 4.07. The van der Waals surface area contributed by atoms with Gasteiger partial charge in [-0.05, 0) is 42.5 Å². The molecular formula is C24H19N5O5S. The van der Waals surface area contributed by atoms with E-state index < -0.39 is 10.8 Å². The van der Waals surface area contributed by atoms with Crippen LogP contribution >= 0.6 is 11.8 Å². The summed E-state index contributed by atoms with van der Waals surface area (Å²) in [5.74, 6) is 0.0870. The zero-order valence-corrected chi connectivity index (χ0v) is 19.3. The summed E-state index contributed by atoms with van der Waals surface area (Å²) in [6, 6.07) is 20.0. The second kappa shape index (κ2) is 10.6. The molecule has 176 valence electrons. The first-order valence-corrected chi connectivity index (χ1v) is 11.3. The van der Waals surface area contributed by atoms with Crippen LogP contribution in [-0.2, 0) is 4.79 Å². The van der Waals surface area contributed by atoms with E-state index >= 15 is 0 Å². The van der Waals surface area contributed by atoms with E-state index in [0.717, 1.165) is 11.8 Å². The first-order valence-electron chi connectivity index (χ1n) is 10.3. The molecule has 0 fully saturated rings. The van der Waals surface area contributed by atoms with Crippen LogP contribution in [0.2, 0.25) is 0 Å². The number of fused-ring (bicyclic) bond motifs is 1. The van der Waals surface area contributed by atoms with Crippen molar-refractivity contribution in [2.45, 2.75) is 5.16 Å². The van der Waals surface area contributed by atoms with E-state index in [4.69, 9.17) is 4.74 Å². The molecule has 11 heteroatoms. The molecule has 0 saturated carbocycles. The first kappa shape index (κ1) is 23.6. The number of carbonyl (C=O) groups is 1. The van der Waals surface area contributed by atoms with Gasteiger partial charge in [0.2, 0.25) is 0 Å². The molecule has 1 N–H and O–H groups in total. The lowest BCUT2D eigenvalue weighted by molar-refractivity contribution is -0.385. The standard InChI is InChI=1S/C24H19N5O5S/c1-34-18-12-10-17(11-13-18)28-23(31)19-7-3-4-8-20(19)26-24(28)35-15-22(30)27-25-14-16-6-2-5-9-21(16)29(32)33/h2-14H,15H2,1H3,(H,27,30)/b25-14-. The number of benzene rings is 3. The normalized spacial score (nSPS) is 11.0. The lowest BCUT2D eigenvalue weighted by Crippen LogP contribution is -2.24. The lowest BCUT2D eigenvalue weighted by Gasteiger charge is -2.13. The molecule has 1 aromatic heterocycles. The highest BCUT2D eigenvalue weighted by atomic mass is 32.2. The second-order valence-electron chi connectivity index (χ2n) is 7.15. The highest BCUT2D eigenvalue weighted by molar-refractivity contribution is 7.99. The maximum atomic E-state index is 13.3. The van der Waals surface area contributed by atoms with E-state index in [1.807, 2.05) is 0 Å². The summed E-state index contributed by atoms with van der Waals surface area (Å²) in [5.41, 5.74) is 3.31. The summed E-state index contributed by atoms with van der Waals surface area (Å²) in [7, 11) is 1.55. The van der Waals surface area contributed by atoms with Gasteiger partial charge in [0, 0.05) is 6.07 Å². The fraction of sp³-hybridized carbons (Fsp3) is 0.0833. The number of hydrogen-bond acceptors (Lipinski definition) is 8. The van der Waals surface area contributed by atoms with Gasteiger partial charge in [-0.15, -0.1) is 0 Å². The number of methoxy groups -OCH3 is 1. The number of nitro benzene ring substituents is 1. The Hall–Kier alpha value is -4.51. The molecule has 0 radical (unpaired) electrons. The van der Waals surface area contributed by atoms with E-state index in [2.05, 4.69) is 15.5 Å². The second-order valence-corrected chi connectivity index (χ2v) is 8.09. The quantitative estimate of drug-likeness (QED) is 0.132. The summed E-state index contributed by atoms with van der Waals surface area (Å²) in [4.78, 5) is 40.8. The van der Waals surface area contributed by atoms with Gasteiger partial charge in [0.15, 0.2) is 5.16 Å². The molecule has 0 atom stereocenters. The SMILES string of the molecule is COc1ccc(-n2c(SCC(=O)N/N=C\c3ccccc3[N+](=O)[O-])nc3ccccc3c2=O)cc1. The van der Waals surface area contributed by atoms with Crippen LogP contribution in [0.1, 0.15) is 5.56 Å². The number of nitrogens with one attached hydrogen (secondary N) is 1. The van der Waals surface area contributed by atoms with Gasteiger partial charge in [-0.25, -0.2) is 10.4 Å². The van der Waals surface area contributed by atoms with Gasteiger partial charge in [-0.3, -0.25) is 24.3 Å². The van der Waals surface area contributed by atoms with Crippen LogP contribution in [-0.4, -0.2) is 39.5 Å². The van der Waals surface area contributed by atoms with Gasteiger partial charge < -0.3 is 4.74 Å². The number of aromatic nitrogens is 2. The van der Waals surface area contributed by atoms with Crippen LogP contribution in [0.5, 0.6) is 5.75 Å². The van der Waals surface area contributed by atoms with Crippen LogP contribution in [0, 0.1) is 10.1 Å². The molecule has 10 nitrogen and oxygen atoms in total. The average molecular weight is 490 g/mol. The zero-order chi connectivity index (χ0) is 24.8. The smallest absolute Gasteiger partial charge is 0.278 e. The maximum Gasteiger partial charge on any atom is 0.278 e. The molecule has 35 heavy (non-hydrogen) atoms. The van der Waals surface area contributed by atoms with Crippen molar-refractivity contribution < 1.29 is 14.5 Å². The van der Waals surface area contributed by atoms with Crippen molar-refractivity contribution in [3.05, 3.63) is 98.8 Å². The average Bonchev–Trinajstić information content (AvgIpc) is 2.88. The Morgan fingerprint density at radius 1 is 1.14 bits per heavy atom. The minimum Gasteiger partial charge on any atom is -0.497 e. The minimum atomic E-state index is -0.525. The Balaban J connectivity index is 1.56. The largest absolute Gasteiger partial charge is 0.497 e. The van der Waals surface area contributed by atoms with E-state index in [1.165, 1.54) is 22.9 Å². The molecule has 0 aliphatic heterocycles. The number of hydrazone groups is 1. The van der Waals surface area contributed by atoms with Crippen LogP contribution in [0.3, 0.4) is 0 Å². The lowest BCUT2D eigenvalue weighted by atomic mass is 10.2. The van der Waals surface area contributed by atoms with Gasteiger partial charge in [0.25, 0.3) is 17.2 Å². The number of rotatable bonds is 8. The molecule has 0 bridgehead atoms. The predicted octanol–water partition coefficient (Wildman–Crippen LogP) is 3.54. The summed E-state index contributed by atoms with van der Waals surface area (Å²) >= 11 is 1.07. The summed E-state index contributed by atoms with van der Waals surface area (Å²) in [5, 5.41) is 15.7. The Bertz CT molecular complexity index is 1480. The van der Waals surface area contributed by atoms with Gasteiger partial charge in [-0.2, -0.15) is 5.10 Å². The molecule has 1 heterocycles. The Kier molecular flexibility index (Phi) is 7.17. The maximum absolute atomic E-state index is 13.3. The van der Waals surface area contributed by atoms with Crippen LogP contribution in [0.15, 0.2) is 87.8 Å².